The molecule has 0 fully saturated rings. The predicted molar refractivity (Wildman–Crippen MR) is 115 cm³/mol. The normalized spacial score (nSPS) is 14.7. The molecule has 2 aromatic heterocycles. The van der Waals surface area contributed by atoms with Gasteiger partial charge in [0.2, 0.25) is 5.88 Å². The molecular weight excluding hydrogens is 426 g/mol. The highest BCUT2D eigenvalue weighted by molar-refractivity contribution is 7.93. The molecule has 0 aliphatic rings. The maximum Gasteiger partial charge on any atom is 0.267 e. The van der Waals surface area contributed by atoms with Crippen molar-refractivity contribution in [1.82, 2.24) is 5.16 Å². The number of hydrogen-bond acceptors (Lipinski definition) is 7. The Balaban J connectivity index is 2.11. The number of Topliss-reactive ketones (excluding diaryl/α,β-unsaturated/α-hetero) is 1. The van der Waals surface area contributed by atoms with Gasteiger partial charge >= 0.3 is 0 Å². The second-order valence-electron chi connectivity index (χ2n) is 6.44. The van der Waals surface area contributed by atoms with E-state index in [9.17, 15) is 18.0 Å². The summed E-state index contributed by atoms with van der Waals surface area (Å²) in [5.74, 6) is -2.45. The standard InChI is InChI=1S/C20H21N3O5S2/c1-10-8-11(2)17(15(9-10)14(5)24)21-19(25)18-16(6-7-29-18)30(26,27)23-20-12(3)13(4)22-28-20/h6-9,23H,1-5H3,(H,21,25)/i3D3,8D/hD2. The van der Waals surface area contributed by atoms with E-state index in [-0.39, 0.29) is 33.3 Å². The second-order valence-corrected chi connectivity index (χ2v) is 8.93. The van der Waals surface area contributed by atoms with E-state index in [1.165, 1.54) is 32.2 Å². The Morgan fingerprint density at radius 3 is 2.73 bits per heavy atom. The smallest absolute Gasteiger partial charge is 0.267 e. The zero-order valence-corrected chi connectivity index (χ0v) is 18.1. The number of aromatic nitrogens is 1. The van der Waals surface area contributed by atoms with Crippen LogP contribution in [0.15, 0.2) is 33.0 Å². The van der Waals surface area contributed by atoms with E-state index in [0.717, 1.165) is 6.07 Å². The summed E-state index contributed by atoms with van der Waals surface area (Å²) in [4.78, 5) is 24.4. The van der Waals surface area contributed by atoms with Crippen molar-refractivity contribution < 1.29 is 30.8 Å². The summed E-state index contributed by atoms with van der Waals surface area (Å²) in [7, 11) is -4.87. The first-order valence-electron chi connectivity index (χ1n) is 11.4. The van der Waals surface area contributed by atoms with Gasteiger partial charge in [0.1, 0.15) is 9.77 Å². The van der Waals surface area contributed by atoms with Crippen LogP contribution in [0.5, 0.6) is 0 Å². The van der Waals surface area contributed by atoms with Crippen molar-refractivity contribution in [3.05, 3.63) is 56.4 Å². The summed E-state index contributed by atoms with van der Waals surface area (Å²) < 4.78 is 78.8. The first-order chi connectivity index (χ1) is 16.5. The molecule has 158 valence electrons. The number of benzene rings is 1. The summed E-state index contributed by atoms with van der Waals surface area (Å²) in [5, 5.41) is 5.06. The van der Waals surface area contributed by atoms with E-state index in [1.807, 2.05) is 0 Å². The van der Waals surface area contributed by atoms with Gasteiger partial charge in [-0.15, -0.1) is 11.3 Å². The molecule has 0 aliphatic heterocycles. The summed E-state index contributed by atoms with van der Waals surface area (Å²) in [5.41, 5.74) is -0.236. The van der Waals surface area contributed by atoms with Crippen LogP contribution in [0.25, 0.3) is 0 Å². The number of anilines is 2. The Morgan fingerprint density at radius 1 is 1.33 bits per heavy atom. The lowest BCUT2D eigenvalue weighted by Gasteiger charge is -2.14. The monoisotopic (exact) mass is 453 g/mol. The van der Waals surface area contributed by atoms with Crippen molar-refractivity contribution in [3.63, 3.8) is 0 Å². The lowest BCUT2D eigenvalue weighted by Crippen LogP contribution is -2.20. The molecular formula is C20H21N3O5S2. The topological polar surface area (TPSA) is 118 Å². The number of amides is 1. The minimum atomic E-state index is -4.87. The molecule has 3 rings (SSSR count). The highest BCUT2D eigenvalue weighted by Crippen LogP contribution is 2.29. The van der Waals surface area contributed by atoms with Crippen LogP contribution in [0, 0.1) is 27.6 Å². The molecule has 30 heavy (non-hydrogen) atoms. The van der Waals surface area contributed by atoms with Crippen molar-refractivity contribution in [2.24, 2.45) is 0 Å². The number of nitrogens with zero attached hydrogens (tertiary/aromatic N) is 1. The number of carbonyl (C=O) groups excluding carboxylic acids is 2. The van der Waals surface area contributed by atoms with E-state index in [0.29, 0.717) is 22.2 Å². The molecule has 10 heteroatoms. The zero-order chi connectivity index (χ0) is 27.3. The second kappa shape index (κ2) is 8.04. The van der Waals surface area contributed by atoms with E-state index < -0.39 is 49.8 Å². The molecule has 3 aromatic rings. The molecule has 0 atom stereocenters. The van der Waals surface area contributed by atoms with Crippen LogP contribution in [0.2, 0.25) is 2.82 Å². The fourth-order valence-electron chi connectivity index (χ4n) is 2.68. The van der Waals surface area contributed by atoms with Crippen molar-refractivity contribution >= 4 is 44.6 Å². The third-order valence-electron chi connectivity index (χ3n) is 4.10. The third kappa shape index (κ3) is 4.14. The summed E-state index contributed by atoms with van der Waals surface area (Å²) in [6, 6.07) is 2.42. The van der Waals surface area contributed by atoms with Crippen LogP contribution in [0.1, 0.15) is 54.8 Å². The predicted octanol–water partition coefficient (Wildman–Crippen LogP) is 4.23. The van der Waals surface area contributed by atoms with Gasteiger partial charge in [0.25, 0.3) is 15.9 Å². The molecule has 1 aromatic carbocycles. The minimum Gasteiger partial charge on any atom is -0.337 e. The SMILES string of the molecule is [2H]c1c(C)cc(C(C)=O)c(N([2H])C(=O)c2sccc2S(=O)(=O)N([2H])c2onc(C)c2C([2H])([2H])[2H])c1C. The molecule has 0 aliphatic carbocycles. The average Bonchev–Trinajstić information content (AvgIpc) is 3.42. The Bertz CT molecular complexity index is 1480. The number of nitrogens with one attached hydrogen (secondary N) is 2. The third-order valence-corrected chi connectivity index (χ3v) is 6.43. The van der Waals surface area contributed by atoms with Crippen LogP contribution >= 0.6 is 11.3 Å². The Hall–Kier alpha value is -2.98. The van der Waals surface area contributed by atoms with Gasteiger partial charge in [-0.2, -0.15) is 0 Å². The van der Waals surface area contributed by atoms with E-state index >= 15 is 0 Å². The molecule has 0 spiro atoms. The van der Waals surface area contributed by atoms with Crippen molar-refractivity contribution in [3.8, 4) is 0 Å². The average molecular weight is 454 g/mol. The van der Waals surface area contributed by atoms with Crippen LogP contribution < -0.4 is 10.0 Å². The first-order valence-corrected chi connectivity index (χ1v) is 10.9. The quantitative estimate of drug-likeness (QED) is 0.539. The van der Waals surface area contributed by atoms with Crippen molar-refractivity contribution in [2.45, 2.75) is 39.4 Å². The zero-order valence-electron chi connectivity index (χ0n) is 22.4. The highest BCUT2D eigenvalue weighted by atomic mass is 32.2. The van der Waals surface area contributed by atoms with Crippen molar-refractivity contribution in [2.75, 3.05) is 10.0 Å². The fourth-order valence-corrected chi connectivity index (χ4v) is 4.90. The van der Waals surface area contributed by atoms with Gasteiger partial charge in [0, 0.05) is 15.2 Å². The minimum absolute atomic E-state index is 0.00638. The maximum absolute atomic E-state index is 13.3. The summed E-state index contributed by atoms with van der Waals surface area (Å²) >= 11 is 0.673. The van der Waals surface area contributed by atoms with Crippen LogP contribution in [-0.2, 0) is 10.0 Å². The molecule has 2 heterocycles. The lowest BCUT2D eigenvalue weighted by molar-refractivity contribution is 0.101. The first kappa shape index (κ1) is 14.9. The van der Waals surface area contributed by atoms with E-state index in [4.69, 9.17) is 12.8 Å². The number of ketones is 1. The lowest BCUT2D eigenvalue weighted by atomic mass is 10.0. The number of hydrogen-bond donors (Lipinski definition) is 2. The molecule has 0 bridgehead atoms. The van der Waals surface area contributed by atoms with Crippen molar-refractivity contribution in [1.29, 1.82) is 0 Å². The number of aryl methyl sites for hydroxylation is 2. The van der Waals surface area contributed by atoms with E-state index in [2.05, 4.69) is 5.16 Å². The number of thiophene rings is 1. The number of rotatable bonds is 6. The maximum atomic E-state index is 13.3. The summed E-state index contributed by atoms with van der Waals surface area (Å²) in [6.07, 6.45) is 0. The van der Waals surface area contributed by atoms with Crippen LogP contribution in [-0.4, -0.2) is 25.3 Å². The highest BCUT2D eigenvalue weighted by Gasteiger charge is 2.27. The van der Waals surface area contributed by atoms with Gasteiger partial charge in [0.05, 0.1) is 12.8 Å². The Morgan fingerprint density at radius 2 is 2.07 bits per heavy atom. The van der Waals surface area contributed by atoms with Gasteiger partial charge in [0.15, 0.2) is 8.61 Å². The molecule has 8 nitrogen and oxygen atoms in total. The molecule has 0 radical (unpaired) electrons. The molecule has 1 amide bonds. The Kier molecular flexibility index (Phi) is 4.00. The number of sulfonamides is 1. The molecule has 0 saturated heterocycles. The van der Waals surface area contributed by atoms with Crippen LogP contribution in [0.3, 0.4) is 0 Å². The largest absolute Gasteiger partial charge is 0.337 e. The van der Waals surface area contributed by atoms with Gasteiger partial charge < -0.3 is 9.83 Å². The number of carbonyl (C=O) groups is 2. The molecule has 2 N–H and O–H groups in total. The van der Waals surface area contributed by atoms with Gasteiger partial charge in [-0.3, -0.25) is 9.59 Å². The summed E-state index contributed by atoms with van der Waals surface area (Å²) in [6.45, 7) is 2.75. The molecule has 0 unspecified atom stereocenters. The Labute approximate surface area is 186 Å². The van der Waals surface area contributed by atoms with Crippen LogP contribution in [0.4, 0.5) is 11.6 Å². The molecule has 0 saturated carbocycles. The van der Waals surface area contributed by atoms with Gasteiger partial charge in [-0.25, -0.2) is 13.1 Å². The van der Waals surface area contributed by atoms with Gasteiger partial charge in [-0.05, 0) is 63.2 Å². The fraction of sp³-hybridized carbons (Fsp3) is 0.250. The van der Waals surface area contributed by atoms with Gasteiger partial charge in [-0.1, -0.05) is 11.2 Å². The van der Waals surface area contributed by atoms with E-state index in [1.54, 1.807) is 6.92 Å².